The fraction of sp³-hybridized carbons (Fsp3) is 0.100. The third-order valence-corrected chi connectivity index (χ3v) is 2.84. The van der Waals surface area contributed by atoms with Crippen LogP contribution in [-0.4, -0.2) is 15.0 Å². The molecule has 2 aromatic heterocycles. The molecule has 0 aliphatic carbocycles. The van der Waals surface area contributed by atoms with Gasteiger partial charge in [-0.1, -0.05) is 0 Å². The number of hydrogen-bond donors (Lipinski definition) is 2. The van der Waals surface area contributed by atoms with Crippen LogP contribution in [0.2, 0.25) is 0 Å². The van der Waals surface area contributed by atoms with Gasteiger partial charge in [-0.25, -0.2) is 9.97 Å². The maximum atomic E-state index is 5.58. The number of nitrogens with two attached hydrogens (primary N) is 2. The number of thioether (sulfide) groups is 1. The molecule has 0 unspecified atom stereocenters. The highest BCUT2D eigenvalue weighted by molar-refractivity contribution is 7.98. The molecule has 16 heavy (non-hydrogen) atoms. The Bertz CT molecular complexity index is 454. The summed E-state index contributed by atoms with van der Waals surface area (Å²) in [7, 11) is 0. The molecule has 0 atom stereocenters. The quantitative estimate of drug-likeness (QED) is 0.777. The summed E-state index contributed by atoms with van der Waals surface area (Å²) in [6, 6.07) is 5.40. The van der Waals surface area contributed by atoms with Gasteiger partial charge in [-0.05, 0) is 12.1 Å². The highest BCUT2D eigenvalue weighted by Gasteiger charge is 2.01. The van der Waals surface area contributed by atoms with Crippen LogP contribution in [0.3, 0.4) is 0 Å². The second kappa shape index (κ2) is 4.80. The average molecular weight is 233 g/mol. The van der Waals surface area contributed by atoms with E-state index in [9.17, 15) is 0 Å². The maximum absolute atomic E-state index is 5.58. The molecule has 5 nitrogen and oxygen atoms in total. The standard InChI is InChI=1S/C10H11N5S/c11-8-5-9(12)15-10(14-8)6-16-7-1-3-13-4-2-7/h1-5H,6H2,(H4,11,12,14,15). The summed E-state index contributed by atoms with van der Waals surface area (Å²) in [6.45, 7) is 0. The number of nitrogens with zero attached hydrogens (tertiary/aromatic N) is 3. The SMILES string of the molecule is Nc1cc(N)nc(CSc2ccncc2)n1. The lowest BCUT2D eigenvalue weighted by Gasteiger charge is -2.02. The Morgan fingerprint density at radius 2 is 1.69 bits per heavy atom. The van der Waals surface area contributed by atoms with E-state index in [0.717, 1.165) is 4.90 Å². The van der Waals surface area contributed by atoms with Gasteiger partial charge in [0.15, 0.2) is 0 Å². The fourth-order valence-corrected chi connectivity index (χ4v) is 1.93. The van der Waals surface area contributed by atoms with Gasteiger partial charge in [0.25, 0.3) is 0 Å². The summed E-state index contributed by atoms with van der Waals surface area (Å²) in [4.78, 5) is 13.3. The van der Waals surface area contributed by atoms with Crippen LogP contribution < -0.4 is 11.5 Å². The van der Waals surface area contributed by atoms with Crippen molar-refractivity contribution in [1.82, 2.24) is 15.0 Å². The van der Waals surface area contributed by atoms with Crippen molar-refractivity contribution in [1.29, 1.82) is 0 Å². The smallest absolute Gasteiger partial charge is 0.143 e. The van der Waals surface area contributed by atoms with Crippen molar-refractivity contribution in [2.45, 2.75) is 10.6 Å². The molecule has 6 heteroatoms. The van der Waals surface area contributed by atoms with Crippen molar-refractivity contribution < 1.29 is 0 Å². The molecule has 0 radical (unpaired) electrons. The lowest BCUT2D eigenvalue weighted by Crippen LogP contribution is -2.01. The first kappa shape index (κ1) is 10.7. The average Bonchev–Trinajstić information content (AvgIpc) is 2.27. The summed E-state index contributed by atoms with van der Waals surface area (Å²) in [6.07, 6.45) is 3.49. The summed E-state index contributed by atoms with van der Waals surface area (Å²) in [5, 5.41) is 0. The Morgan fingerprint density at radius 1 is 1.06 bits per heavy atom. The molecular weight excluding hydrogens is 222 g/mol. The lowest BCUT2D eigenvalue weighted by atomic mass is 10.5. The number of anilines is 2. The van der Waals surface area contributed by atoms with Gasteiger partial charge in [0, 0.05) is 23.4 Å². The first-order valence-electron chi connectivity index (χ1n) is 4.66. The zero-order chi connectivity index (χ0) is 11.4. The minimum absolute atomic E-state index is 0.401. The molecule has 2 aromatic rings. The van der Waals surface area contributed by atoms with Crippen molar-refractivity contribution in [2.24, 2.45) is 0 Å². The van der Waals surface area contributed by atoms with Gasteiger partial charge in [0.05, 0.1) is 5.75 Å². The lowest BCUT2D eigenvalue weighted by molar-refractivity contribution is 1.05. The Balaban J connectivity index is 2.05. The van der Waals surface area contributed by atoms with Crippen LogP contribution in [0.25, 0.3) is 0 Å². The Labute approximate surface area is 97.3 Å². The third-order valence-electron chi connectivity index (χ3n) is 1.83. The topological polar surface area (TPSA) is 90.7 Å². The number of aromatic nitrogens is 3. The van der Waals surface area contributed by atoms with E-state index in [4.69, 9.17) is 11.5 Å². The van der Waals surface area contributed by atoms with Gasteiger partial charge < -0.3 is 11.5 Å². The van der Waals surface area contributed by atoms with Crippen molar-refractivity contribution in [3.8, 4) is 0 Å². The summed E-state index contributed by atoms with van der Waals surface area (Å²) in [5.41, 5.74) is 11.2. The van der Waals surface area contributed by atoms with Crippen molar-refractivity contribution in [3.05, 3.63) is 36.4 Å². The minimum atomic E-state index is 0.401. The van der Waals surface area contributed by atoms with E-state index >= 15 is 0 Å². The van der Waals surface area contributed by atoms with E-state index in [-0.39, 0.29) is 0 Å². The van der Waals surface area contributed by atoms with Gasteiger partial charge in [0.1, 0.15) is 17.5 Å². The van der Waals surface area contributed by atoms with Crippen LogP contribution in [-0.2, 0) is 5.75 Å². The normalized spacial score (nSPS) is 10.2. The Morgan fingerprint density at radius 3 is 2.31 bits per heavy atom. The first-order valence-corrected chi connectivity index (χ1v) is 5.64. The molecule has 0 amide bonds. The zero-order valence-corrected chi connectivity index (χ0v) is 9.31. The molecule has 0 saturated carbocycles. The number of pyridine rings is 1. The molecule has 4 N–H and O–H groups in total. The molecule has 0 bridgehead atoms. The molecule has 0 aliphatic heterocycles. The largest absolute Gasteiger partial charge is 0.384 e. The highest BCUT2D eigenvalue weighted by atomic mass is 32.2. The van der Waals surface area contributed by atoms with E-state index in [1.807, 2.05) is 12.1 Å². The van der Waals surface area contributed by atoms with Gasteiger partial charge in [-0.3, -0.25) is 4.98 Å². The molecule has 0 aromatic carbocycles. The molecular formula is C10H11N5S. The van der Waals surface area contributed by atoms with Crippen LogP contribution in [0.15, 0.2) is 35.5 Å². The van der Waals surface area contributed by atoms with Gasteiger partial charge in [-0.2, -0.15) is 0 Å². The van der Waals surface area contributed by atoms with Crippen LogP contribution in [0, 0.1) is 0 Å². The van der Waals surface area contributed by atoms with Crippen molar-refractivity contribution >= 4 is 23.4 Å². The van der Waals surface area contributed by atoms with Gasteiger partial charge in [0.2, 0.25) is 0 Å². The third kappa shape index (κ3) is 2.83. The van der Waals surface area contributed by atoms with E-state index in [2.05, 4.69) is 15.0 Å². The predicted molar refractivity (Wildman–Crippen MR) is 64.7 cm³/mol. The van der Waals surface area contributed by atoms with Crippen molar-refractivity contribution in [3.63, 3.8) is 0 Å². The second-order valence-electron chi connectivity index (χ2n) is 3.11. The summed E-state index contributed by atoms with van der Waals surface area (Å²) < 4.78 is 0. The molecule has 2 heterocycles. The van der Waals surface area contributed by atoms with E-state index in [1.54, 1.807) is 30.2 Å². The number of rotatable bonds is 3. The van der Waals surface area contributed by atoms with Gasteiger partial charge in [-0.15, -0.1) is 11.8 Å². The zero-order valence-electron chi connectivity index (χ0n) is 8.50. The minimum Gasteiger partial charge on any atom is -0.384 e. The highest BCUT2D eigenvalue weighted by Crippen LogP contribution is 2.20. The molecule has 0 aliphatic rings. The van der Waals surface area contributed by atoms with Crippen LogP contribution >= 0.6 is 11.8 Å². The molecule has 0 saturated heterocycles. The van der Waals surface area contributed by atoms with E-state index in [1.165, 1.54) is 0 Å². The summed E-state index contributed by atoms with van der Waals surface area (Å²) >= 11 is 1.61. The Kier molecular flexibility index (Phi) is 3.21. The number of hydrogen-bond acceptors (Lipinski definition) is 6. The van der Waals surface area contributed by atoms with Crippen molar-refractivity contribution in [2.75, 3.05) is 11.5 Å². The fourth-order valence-electron chi connectivity index (χ4n) is 1.19. The molecule has 0 spiro atoms. The van der Waals surface area contributed by atoms with E-state index < -0.39 is 0 Å². The van der Waals surface area contributed by atoms with Gasteiger partial charge >= 0.3 is 0 Å². The first-order chi connectivity index (χ1) is 7.74. The molecule has 0 fully saturated rings. The second-order valence-corrected chi connectivity index (χ2v) is 4.15. The van der Waals surface area contributed by atoms with E-state index in [0.29, 0.717) is 23.2 Å². The molecule has 82 valence electrons. The summed E-state index contributed by atoms with van der Waals surface area (Å²) in [5.74, 6) is 2.08. The van der Waals surface area contributed by atoms with Crippen LogP contribution in [0.4, 0.5) is 11.6 Å². The maximum Gasteiger partial charge on any atom is 0.143 e. The number of nitrogen functional groups attached to an aromatic ring is 2. The monoisotopic (exact) mass is 233 g/mol. The van der Waals surface area contributed by atoms with Crippen LogP contribution in [0.1, 0.15) is 5.82 Å². The van der Waals surface area contributed by atoms with Crippen LogP contribution in [0.5, 0.6) is 0 Å². The Hall–Kier alpha value is -1.82. The molecule has 2 rings (SSSR count). The predicted octanol–water partition coefficient (Wildman–Crippen LogP) is 1.33.